The average molecular weight is 626 g/mol. The highest BCUT2D eigenvalue weighted by molar-refractivity contribution is 7.08. The van der Waals surface area contributed by atoms with E-state index in [1.54, 1.807) is 18.3 Å². The third kappa shape index (κ3) is 6.49. The molecule has 3 aromatic rings. The van der Waals surface area contributed by atoms with E-state index in [0.29, 0.717) is 24.5 Å². The van der Waals surface area contributed by atoms with Gasteiger partial charge in [-0.1, -0.05) is 19.3 Å². The van der Waals surface area contributed by atoms with Crippen molar-refractivity contribution in [3.63, 3.8) is 0 Å². The van der Waals surface area contributed by atoms with Gasteiger partial charge in [0.15, 0.2) is 0 Å². The molecule has 1 saturated heterocycles. The molecule has 2 aromatic heterocycles. The number of thiophene rings is 1. The summed E-state index contributed by atoms with van der Waals surface area (Å²) in [5.41, 5.74) is 0.421. The third-order valence-corrected chi connectivity index (χ3v) is 9.27. The predicted molar refractivity (Wildman–Crippen MR) is 153 cm³/mol. The topological polar surface area (TPSA) is 45.7 Å². The minimum Gasteiger partial charge on any atom is -0.439 e. The molecule has 5 rings (SSSR count). The van der Waals surface area contributed by atoms with Gasteiger partial charge < -0.3 is 9.64 Å². The van der Waals surface area contributed by atoms with Crippen LogP contribution >= 0.6 is 11.3 Å². The largest absolute Gasteiger partial charge is 0.439 e. The first kappa shape index (κ1) is 31.2. The van der Waals surface area contributed by atoms with Crippen LogP contribution in [0.25, 0.3) is 11.1 Å². The minimum atomic E-state index is -5.01. The van der Waals surface area contributed by atoms with E-state index in [2.05, 4.69) is 4.90 Å². The Hall–Kier alpha value is -3.28. The number of rotatable bonds is 7. The maximum Gasteiger partial charge on any atom is 0.416 e. The minimum absolute atomic E-state index is 0.0319. The summed E-state index contributed by atoms with van der Waals surface area (Å²) in [6.07, 6.45) is -4.92. The number of hydrogen-bond donors (Lipinski definition) is 0. The number of cyclic esters (lactones) is 1. The number of halogens is 6. The number of aryl methyl sites for hydroxylation is 1. The van der Waals surface area contributed by atoms with Crippen molar-refractivity contribution < 1.29 is 35.9 Å². The van der Waals surface area contributed by atoms with Gasteiger partial charge in [0.1, 0.15) is 11.9 Å². The summed E-state index contributed by atoms with van der Waals surface area (Å²) in [6, 6.07) is 2.73. The summed E-state index contributed by atoms with van der Waals surface area (Å²) in [6.45, 7) is 6.33. The van der Waals surface area contributed by atoms with E-state index in [1.165, 1.54) is 11.3 Å². The molecule has 1 amide bonds. The van der Waals surface area contributed by atoms with Crippen LogP contribution in [0.3, 0.4) is 0 Å². The molecule has 3 heterocycles. The smallest absolute Gasteiger partial charge is 0.416 e. The molecule has 2 fully saturated rings. The lowest BCUT2D eigenvalue weighted by molar-refractivity contribution is -0.143. The van der Waals surface area contributed by atoms with Crippen molar-refractivity contribution in [1.82, 2.24) is 9.88 Å². The Bertz CT molecular complexity index is 1430. The zero-order valence-corrected chi connectivity index (χ0v) is 24.9. The molecule has 1 aliphatic carbocycles. The summed E-state index contributed by atoms with van der Waals surface area (Å²) >= 11 is 1.56. The van der Waals surface area contributed by atoms with Crippen LogP contribution in [0.4, 0.5) is 37.0 Å². The second kappa shape index (κ2) is 12.0. The van der Waals surface area contributed by atoms with Crippen LogP contribution < -0.4 is 4.90 Å². The fraction of sp³-hybridized carbons (Fsp3) is 0.484. The van der Waals surface area contributed by atoms with Crippen molar-refractivity contribution >= 4 is 23.2 Å². The second-order valence-electron chi connectivity index (χ2n) is 11.3. The summed E-state index contributed by atoms with van der Waals surface area (Å²) in [5, 5.41) is 4.04. The zero-order chi connectivity index (χ0) is 31.1. The zero-order valence-electron chi connectivity index (χ0n) is 24.1. The van der Waals surface area contributed by atoms with Gasteiger partial charge in [0, 0.05) is 29.9 Å². The van der Waals surface area contributed by atoms with Crippen LogP contribution in [-0.2, 0) is 23.6 Å². The van der Waals surface area contributed by atoms with Gasteiger partial charge >= 0.3 is 18.4 Å². The van der Waals surface area contributed by atoms with Gasteiger partial charge in [0.05, 0.1) is 23.7 Å². The fourth-order valence-corrected chi connectivity index (χ4v) is 7.00. The number of amides is 1. The number of ether oxygens (including phenoxy) is 1. The molecular formula is C31H33F6N3O2S. The number of pyridine rings is 1. The Morgan fingerprint density at radius 2 is 1.65 bits per heavy atom. The van der Waals surface area contributed by atoms with Gasteiger partial charge in [-0.15, -0.1) is 0 Å². The Labute approximate surface area is 250 Å². The molecule has 1 saturated carbocycles. The molecule has 0 spiro atoms. The molecule has 232 valence electrons. The number of benzene rings is 1. The Morgan fingerprint density at radius 3 is 2.21 bits per heavy atom. The van der Waals surface area contributed by atoms with E-state index >= 15 is 0 Å². The quantitative estimate of drug-likeness (QED) is 0.246. The van der Waals surface area contributed by atoms with E-state index in [1.807, 2.05) is 36.9 Å². The molecule has 43 heavy (non-hydrogen) atoms. The number of anilines is 1. The van der Waals surface area contributed by atoms with Crippen molar-refractivity contribution in [3.05, 3.63) is 69.0 Å². The van der Waals surface area contributed by atoms with Crippen LogP contribution in [-0.4, -0.2) is 34.6 Å². The molecule has 1 aliphatic heterocycles. The number of carbonyl (C=O) groups is 1. The molecule has 5 nitrogen and oxygen atoms in total. The number of carbonyl (C=O) groups excluding carboxylic acids is 1. The van der Waals surface area contributed by atoms with Gasteiger partial charge in [-0.2, -0.15) is 37.7 Å². The standard InChI is InChI=1S/C31H33F6N3O2S/c1-4-39(25-8-6-5-7-9-25)28-22(10-21(14-38-28)26-17-43-16-18(26)2)15-40-19(3)27(42-29(40)41)20-11-23(30(32,33)34)13-24(12-20)31(35,36)37/h10-14,16-17,19,25,27H,4-9,15H2,1-3H3/t19-,27-/m0/s1. The van der Waals surface area contributed by atoms with E-state index < -0.39 is 41.7 Å². The number of nitrogens with zero attached hydrogens (tertiary/aromatic N) is 3. The lowest BCUT2D eigenvalue weighted by Gasteiger charge is -2.36. The summed E-state index contributed by atoms with van der Waals surface area (Å²) in [7, 11) is 0. The van der Waals surface area contributed by atoms with Crippen molar-refractivity contribution in [2.24, 2.45) is 0 Å². The summed E-state index contributed by atoms with van der Waals surface area (Å²) in [5.74, 6) is 0.716. The van der Waals surface area contributed by atoms with Crippen molar-refractivity contribution in [3.8, 4) is 11.1 Å². The molecular weight excluding hydrogens is 592 g/mol. The average Bonchev–Trinajstić information content (AvgIpc) is 3.51. The number of hydrogen-bond acceptors (Lipinski definition) is 5. The van der Waals surface area contributed by atoms with Crippen molar-refractivity contribution in [1.29, 1.82) is 0 Å². The van der Waals surface area contributed by atoms with E-state index in [9.17, 15) is 31.1 Å². The normalized spacial score (nSPS) is 20.0. The predicted octanol–water partition coefficient (Wildman–Crippen LogP) is 9.40. The molecule has 1 aromatic carbocycles. The molecule has 0 unspecified atom stereocenters. The Balaban J connectivity index is 1.52. The van der Waals surface area contributed by atoms with Gasteiger partial charge in [-0.25, -0.2) is 9.78 Å². The van der Waals surface area contributed by atoms with Crippen molar-refractivity contribution in [2.45, 2.75) is 90.0 Å². The maximum atomic E-state index is 13.6. The lowest BCUT2D eigenvalue weighted by Crippen LogP contribution is -2.39. The molecule has 0 radical (unpaired) electrons. The fourth-order valence-electron chi connectivity index (χ4n) is 6.14. The highest BCUT2D eigenvalue weighted by Gasteiger charge is 2.43. The molecule has 2 atom stereocenters. The monoisotopic (exact) mass is 625 g/mol. The van der Waals surface area contributed by atoms with Gasteiger partial charge in [-0.05, 0) is 85.3 Å². The van der Waals surface area contributed by atoms with Gasteiger partial charge in [-0.3, -0.25) is 4.90 Å². The maximum absolute atomic E-state index is 13.6. The molecule has 12 heteroatoms. The van der Waals surface area contributed by atoms with Crippen LogP contribution in [0.5, 0.6) is 0 Å². The first-order valence-electron chi connectivity index (χ1n) is 14.3. The summed E-state index contributed by atoms with van der Waals surface area (Å²) < 4.78 is 86.8. The number of alkyl halides is 6. The molecule has 2 aliphatic rings. The van der Waals surface area contributed by atoms with Gasteiger partial charge in [0.25, 0.3) is 0 Å². The van der Waals surface area contributed by atoms with Crippen LogP contribution in [0, 0.1) is 6.92 Å². The first-order valence-corrected chi connectivity index (χ1v) is 15.3. The number of aromatic nitrogens is 1. The Kier molecular flexibility index (Phi) is 8.70. The van der Waals surface area contributed by atoms with Crippen LogP contribution in [0.15, 0.2) is 41.2 Å². The van der Waals surface area contributed by atoms with Crippen LogP contribution in [0.2, 0.25) is 0 Å². The van der Waals surface area contributed by atoms with E-state index in [-0.39, 0.29) is 24.2 Å². The summed E-state index contributed by atoms with van der Waals surface area (Å²) in [4.78, 5) is 21.7. The van der Waals surface area contributed by atoms with Gasteiger partial charge in [0.2, 0.25) is 0 Å². The highest BCUT2D eigenvalue weighted by atomic mass is 32.1. The van der Waals surface area contributed by atoms with Crippen LogP contribution in [0.1, 0.15) is 79.9 Å². The lowest BCUT2D eigenvalue weighted by atomic mass is 9.93. The molecule has 0 bridgehead atoms. The van der Waals surface area contributed by atoms with Crippen molar-refractivity contribution in [2.75, 3.05) is 11.4 Å². The van der Waals surface area contributed by atoms with E-state index in [4.69, 9.17) is 9.72 Å². The van der Waals surface area contributed by atoms with E-state index in [0.717, 1.165) is 47.9 Å². The molecule has 0 N–H and O–H groups in total. The Morgan fingerprint density at radius 1 is 1.00 bits per heavy atom. The highest BCUT2D eigenvalue weighted by Crippen LogP contribution is 2.42. The third-order valence-electron chi connectivity index (χ3n) is 8.41. The first-order chi connectivity index (χ1) is 20.3. The SMILES string of the molecule is CCN(c1ncc(-c2cscc2C)cc1CN1C(=O)O[C@H](c2cc(C(F)(F)F)cc(C(F)(F)F)c2)[C@@H]1C)C1CCCCC1. The second-order valence-corrected chi connectivity index (χ2v) is 12.0.